The molecule has 1 saturated carbocycles. The Hall–Kier alpha value is -2.28. The van der Waals surface area contributed by atoms with E-state index in [9.17, 15) is 4.79 Å². The van der Waals surface area contributed by atoms with Crippen molar-refractivity contribution in [2.45, 2.75) is 49.1 Å². The highest BCUT2D eigenvalue weighted by molar-refractivity contribution is 7.99. The van der Waals surface area contributed by atoms with Gasteiger partial charge in [-0.1, -0.05) is 61.4 Å². The predicted molar refractivity (Wildman–Crippen MR) is 101 cm³/mol. The first-order valence-corrected chi connectivity index (χ1v) is 9.55. The summed E-state index contributed by atoms with van der Waals surface area (Å²) in [4.78, 5) is 24.2. The van der Waals surface area contributed by atoms with Crippen LogP contribution >= 0.6 is 11.8 Å². The average Bonchev–Trinajstić information content (AvgIpc) is 2.94. The Morgan fingerprint density at radius 2 is 1.92 bits per heavy atom. The molecule has 4 rings (SSSR count). The first-order valence-electron chi connectivity index (χ1n) is 8.67. The van der Waals surface area contributed by atoms with Crippen LogP contribution in [0.5, 0.6) is 0 Å². The molecule has 2 heterocycles. The highest BCUT2D eigenvalue weighted by Gasteiger charge is 2.19. The van der Waals surface area contributed by atoms with Gasteiger partial charge in [0.15, 0.2) is 16.6 Å². The van der Waals surface area contributed by atoms with Crippen molar-refractivity contribution >= 4 is 28.7 Å². The zero-order chi connectivity index (χ0) is 17.2. The van der Waals surface area contributed by atoms with Crippen LogP contribution in [0.3, 0.4) is 0 Å². The number of nitrogens with one attached hydrogen (secondary N) is 1. The molecule has 0 amide bonds. The van der Waals surface area contributed by atoms with Gasteiger partial charge in [0.25, 0.3) is 0 Å². The molecule has 0 bridgehead atoms. The average molecular weight is 355 g/mol. The van der Waals surface area contributed by atoms with Gasteiger partial charge in [-0.3, -0.25) is 4.57 Å². The number of benzene rings is 1. The summed E-state index contributed by atoms with van der Waals surface area (Å²) < 4.78 is 1.63. The van der Waals surface area contributed by atoms with Crippen LogP contribution in [-0.2, 0) is 6.54 Å². The predicted octanol–water partition coefficient (Wildman–Crippen LogP) is 3.17. The summed E-state index contributed by atoms with van der Waals surface area (Å²) in [5.41, 5.74) is 8.03. The molecule has 2 aromatic heterocycles. The standard InChI is InChI=1S/C18H21N5OS/c19-15-14-16(22-17(21-15)25-13-9-5-2-6-10-13)23(18(24)20-14)11-12-7-3-1-4-8-12/h1,3-4,7-8,13H,2,5-6,9-11H2,(H,20,24)(H2,19,21,22). The van der Waals surface area contributed by atoms with Crippen molar-refractivity contribution in [3.63, 3.8) is 0 Å². The van der Waals surface area contributed by atoms with Gasteiger partial charge in [0.2, 0.25) is 0 Å². The van der Waals surface area contributed by atoms with Crippen LogP contribution in [0.25, 0.3) is 11.2 Å². The quantitative estimate of drug-likeness (QED) is 0.702. The molecule has 7 heteroatoms. The Labute approximate surface area is 149 Å². The van der Waals surface area contributed by atoms with Crippen LogP contribution in [-0.4, -0.2) is 24.8 Å². The monoisotopic (exact) mass is 355 g/mol. The molecular weight excluding hydrogens is 334 g/mol. The molecule has 1 fully saturated rings. The van der Waals surface area contributed by atoms with Crippen molar-refractivity contribution in [3.8, 4) is 0 Å². The number of nitrogens with zero attached hydrogens (tertiary/aromatic N) is 3. The third kappa shape index (κ3) is 3.42. The van der Waals surface area contributed by atoms with Gasteiger partial charge in [-0.2, -0.15) is 0 Å². The summed E-state index contributed by atoms with van der Waals surface area (Å²) in [5, 5.41) is 1.21. The first-order chi connectivity index (χ1) is 12.2. The number of rotatable bonds is 4. The van der Waals surface area contributed by atoms with E-state index < -0.39 is 0 Å². The van der Waals surface area contributed by atoms with Crippen LogP contribution in [0, 0.1) is 0 Å². The molecule has 1 aliphatic rings. The largest absolute Gasteiger partial charge is 0.382 e. The summed E-state index contributed by atoms with van der Waals surface area (Å²) in [6.45, 7) is 0.462. The van der Waals surface area contributed by atoms with E-state index in [0.29, 0.717) is 33.9 Å². The number of aromatic nitrogens is 4. The molecule has 0 unspecified atom stereocenters. The number of nitrogens with two attached hydrogens (primary N) is 1. The van der Waals surface area contributed by atoms with Gasteiger partial charge in [0, 0.05) is 5.25 Å². The van der Waals surface area contributed by atoms with Crippen LogP contribution < -0.4 is 11.4 Å². The minimum absolute atomic E-state index is 0.209. The molecule has 130 valence electrons. The topological polar surface area (TPSA) is 89.6 Å². The van der Waals surface area contributed by atoms with Crippen molar-refractivity contribution in [3.05, 3.63) is 46.4 Å². The molecular formula is C18H21N5OS. The maximum absolute atomic E-state index is 12.4. The number of H-pyrrole nitrogens is 1. The van der Waals surface area contributed by atoms with E-state index in [4.69, 9.17) is 5.73 Å². The minimum atomic E-state index is -0.209. The van der Waals surface area contributed by atoms with Crippen molar-refractivity contribution in [1.82, 2.24) is 19.5 Å². The summed E-state index contributed by atoms with van der Waals surface area (Å²) >= 11 is 1.69. The number of nitrogen functional groups attached to an aromatic ring is 1. The number of thioether (sulfide) groups is 1. The van der Waals surface area contributed by atoms with Crippen molar-refractivity contribution in [1.29, 1.82) is 0 Å². The zero-order valence-corrected chi connectivity index (χ0v) is 14.8. The molecule has 1 aromatic carbocycles. The van der Waals surface area contributed by atoms with Crippen LogP contribution in [0.1, 0.15) is 37.7 Å². The number of hydrogen-bond donors (Lipinski definition) is 2. The SMILES string of the molecule is Nc1nc(SC2CCCCC2)nc2c1[nH]c(=O)n2Cc1ccccc1. The van der Waals surface area contributed by atoms with Crippen LogP contribution in [0.2, 0.25) is 0 Å². The summed E-state index contributed by atoms with van der Waals surface area (Å²) in [6.07, 6.45) is 6.22. The van der Waals surface area contributed by atoms with Gasteiger partial charge in [0.1, 0.15) is 5.52 Å². The van der Waals surface area contributed by atoms with E-state index in [-0.39, 0.29) is 5.69 Å². The van der Waals surface area contributed by atoms with Crippen molar-refractivity contribution in [2.75, 3.05) is 5.73 Å². The van der Waals surface area contributed by atoms with Gasteiger partial charge >= 0.3 is 5.69 Å². The summed E-state index contributed by atoms with van der Waals surface area (Å²) in [7, 11) is 0. The van der Waals surface area contributed by atoms with E-state index >= 15 is 0 Å². The second-order valence-corrected chi connectivity index (χ2v) is 7.74. The lowest BCUT2D eigenvalue weighted by Gasteiger charge is -2.20. The Morgan fingerprint density at radius 1 is 1.16 bits per heavy atom. The normalized spacial score (nSPS) is 15.7. The Morgan fingerprint density at radius 3 is 2.68 bits per heavy atom. The summed E-state index contributed by atoms with van der Waals surface area (Å²) in [6, 6.07) is 9.87. The number of hydrogen-bond acceptors (Lipinski definition) is 5. The van der Waals surface area contributed by atoms with E-state index in [1.54, 1.807) is 16.3 Å². The highest BCUT2D eigenvalue weighted by Crippen LogP contribution is 2.33. The first kappa shape index (κ1) is 16.2. The maximum Gasteiger partial charge on any atom is 0.328 e. The third-order valence-corrected chi connectivity index (χ3v) is 5.84. The molecule has 3 aromatic rings. The molecule has 1 aliphatic carbocycles. The molecule has 0 radical (unpaired) electrons. The van der Waals surface area contributed by atoms with Crippen LogP contribution in [0.15, 0.2) is 40.3 Å². The third-order valence-electron chi connectivity index (χ3n) is 4.64. The van der Waals surface area contributed by atoms with Gasteiger partial charge in [0.05, 0.1) is 6.54 Å². The van der Waals surface area contributed by atoms with Gasteiger partial charge in [-0.05, 0) is 18.4 Å². The van der Waals surface area contributed by atoms with E-state index in [1.165, 1.54) is 32.1 Å². The smallest absolute Gasteiger partial charge is 0.328 e. The molecule has 0 atom stereocenters. The Kier molecular flexibility index (Phi) is 4.48. The van der Waals surface area contributed by atoms with Crippen molar-refractivity contribution < 1.29 is 0 Å². The zero-order valence-electron chi connectivity index (χ0n) is 13.9. The molecule has 3 N–H and O–H groups in total. The van der Waals surface area contributed by atoms with Crippen molar-refractivity contribution in [2.24, 2.45) is 0 Å². The lowest BCUT2D eigenvalue weighted by atomic mass is 10.0. The molecule has 25 heavy (non-hydrogen) atoms. The second kappa shape index (κ2) is 6.92. The number of imidazole rings is 1. The molecule has 0 aliphatic heterocycles. The Balaban J connectivity index is 1.70. The molecule has 0 spiro atoms. The highest BCUT2D eigenvalue weighted by atomic mass is 32.2. The fourth-order valence-electron chi connectivity index (χ4n) is 3.33. The van der Waals surface area contributed by atoms with Gasteiger partial charge in [-0.15, -0.1) is 0 Å². The number of aromatic amines is 1. The number of fused-ring (bicyclic) bond motifs is 1. The van der Waals surface area contributed by atoms with Gasteiger partial charge in [-0.25, -0.2) is 14.8 Å². The van der Waals surface area contributed by atoms with Crippen LogP contribution in [0.4, 0.5) is 5.82 Å². The lowest BCUT2D eigenvalue weighted by molar-refractivity contribution is 0.515. The fourth-order valence-corrected chi connectivity index (χ4v) is 4.49. The van der Waals surface area contributed by atoms with E-state index in [1.807, 2.05) is 30.3 Å². The molecule has 0 saturated heterocycles. The van der Waals surface area contributed by atoms with E-state index in [0.717, 1.165) is 5.56 Å². The maximum atomic E-state index is 12.4. The van der Waals surface area contributed by atoms with E-state index in [2.05, 4.69) is 15.0 Å². The Bertz CT molecular complexity index is 928. The summed E-state index contributed by atoms with van der Waals surface area (Å²) in [5.74, 6) is 0.340. The second-order valence-electron chi connectivity index (χ2n) is 6.47. The minimum Gasteiger partial charge on any atom is -0.382 e. The van der Waals surface area contributed by atoms with Gasteiger partial charge < -0.3 is 10.7 Å². The lowest BCUT2D eigenvalue weighted by Crippen LogP contribution is -2.17. The fraction of sp³-hybridized carbons (Fsp3) is 0.389. The number of anilines is 1. The molecule has 6 nitrogen and oxygen atoms in total.